The van der Waals surface area contributed by atoms with Crippen LogP contribution in [0.4, 0.5) is 21.7 Å². The Labute approximate surface area is 550 Å². The van der Waals surface area contributed by atoms with Gasteiger partial charge in [-0.05, 0) is 92.3 Å². The first-order chi connectivity index (χ1) is 46.0. The number of methoxy groups -OCH3 is 1. The summed E-state index contributed by atoms with van der Waals surface area (Å²) in [6.45, 7) is 7.33. The highest BCUT2D eigenvalue weighted by Crippen LogP contribution is 2.57. The number of halogens is 1. The Morgan fingerprint density at radius 2 is 1.38 bits per heavy atom. The van der Waals surface area contributed by atoms with Gasteiger partial charge in [-0.2, -0.15) is 10.2 Å². The highest BCUT2D eigenvalue weighted by atomic mass is 19.1. The number of hydrogen-bond donors (Lipinski definition) is 4. The van der Waals surface area contributed by atoms with Gasteiger partial charge >= 0.3 is 5.97 Å². The molecule has 3 aromatic carbocycles. The molecule has 6 aromatic rings. The van der Waals surface area contributed by atoms with Crippen molar-refractivity contribution in [1.29, 1.82) is 0 Å². The normalized spacial score (nSPS) is 15.6. The van der Waals surface area contributed by atoms with Crippen molar-refractivity contribution in [2.24, 2.45) is 18.2 Å². The summed E-state index contributed by atoms with van der Waals surface area (Å²) in [4.78, 5) is 105. The Balaban J connectivity index is 0.535. The molecule has 5 N–H and O–H groups in total. The number of likely N-dealkylation sites (N-methyl/N-ethyl adjacent to an activating group) is 1. The molecule has 95 heavy (non-hydrogen) atoms. The maximum atomic E-state index is 16.0. The van der Waals surface area contributed by atoms with Crippen LogP contribution >= 0.6 is 0 Å². The molecule has 4 aliphatic rings. The summed E-state index contributed by atoms with van der Waals surface area (Å²) in [5.41, 5.74) is 10.6. The number of rotatable bonds is 34. The number of nitrogens with two attached hydrogens (primary N) is 1. The summed E-state index contributed by atoms with van der Waals surface area (Å²) in [7, 11) is 4.49. The van der Waals surface area contributed by atoms with Gasteiger partial charge in [0.15, 0.2) is 11.5 Å². The predicted octanol–water partition coefficient (Wildman–Crippen LogP) is 4.58. The quantitative estimate of drug-likeness (QED) is 0.0317. The molecule has 27 nitrogen and oxygen atoms in total. The van der Waals surface area contributed by atoms with Crippen molar-refractivity contribution >= 4 is 80.5 Å². The molecule has 10 rings (SSSR count). The van der Waals surface area contributed by atoms with E-state index in [2.05, 4.69) is 47.8 Å². The number of fused-ring (bicyclic) bond motifs is 2. The minimum Gasteiger partial charge on any atom is -0.468 e. The first kappa shape index (κ1) is 69.1. The van der Waals surface area contributed by atoms with Crippen molar-refractivity contribution < 1.29 is 66.4 Å². The van der Waals surface area contributed by atoms with Crippen LogP contribution in [-0.2, 0) is 70.8 Å². The van der Waals surface area contributed by atoms with Gasteiger partial charge in [-0.25, -0.2) is 14.4 Å². The molecule has 1 saturated carbocycles. The second-order valence-electron chi connectivity index (χ2n) is 24.8. The lowest BCUT2D eigenvalue weighted by Gasteiger charge is -2.59. The van der Waals surface area contributed by atoms with E-state index in [1.165, 1.54) is 37.1 Å². The number of aryl methyl sites for hydroxylation is 1. The van der Waals surface area contributed by atoms with Crippen LogP contribution in [0.1, 0.15) is 97.8 Å². The Morgan fingerprint density at radius 1 is 0.716 bits per heavy atom. The lowest BCUT2D eigenvalue weighted by atomic mass is 9.56. The zero-order valence-electron chi connectivity index (χ0n) is 54.5. The maximum absolute atomic E-state index is 16.0. The molecule has 3 aromatic heterocycles. The summed E-state index contributed by atoms with van der Waals surface area (Å²) in [6, 6.07) is 16.8. The van der Waals surface area contributed by atoms with Crippen molar-refractivity contribution in [3.63, 3.8) is 0 Å². The van der Waals surface area contributed by atoms with Gasteiger partial charge in [-0.3, -0.25) is 42.9 Å². The fraction of sp³-hybridized carbons (Fsp3) is 0.537. The number of piperidine rings is 2. The number of carbonyl (C=O) groups excluding carboxylic acids is 7. The average molecular weight is 1320 g/mol. The molecule has 0 unspecified atom stereocenters. The third-order valence-corrected chi connectivity index (χ3v) is 18.1. The van der Waals surface area contributed by atoms with Crippen molar-refractivity contribution in [2.45, 2.75) is 82.6 Å². The second kappa shape index (κ2) is 33.1. The number of nitrogens with one attached hydrogen (secondary N) is 3. The van der Waals surface area contributed by atoms with Crippen LogP contribution < -0.4 is 26.6 Å². The first-order valence-corrected chi connectivity index (χ1v) is 32.7. The zero-order chi connectivity index (χ0) is 66.8. The number of esters is 1. The smallest absolute Gasteiger partial charge is 0.325 e. The molecule has 1 aliphatic carbocycles. The van der Waals surface area contributed by atoms with E-state index in [0.29, 0.717) is 143 Å². The minimum atomic E-state index is -0.640. The molecule has 0 radical (unpaired) electrons. The van der Waals surface area contributed by atoms with Gasteiger partial charge in [0.1, 0.15) is 24.7 Å². The summed E-state index contributed by atoms with van der Waals surface area (Å²) in [5.74, 6) is -1.55. The van der Waals surface area contributed by atoms with Gasteiger partial charge in [0.25, 0.3) is 5.91 Å². The van der Waals surface area contributed by atoms with Crippen molar-refractivity contribution in [3.05, 3.63) is 89.8 Å². The molecule has 6 amide bonds. The third-order valence-electron chi connectivity index (χ3n) is 18.1. The number of amides is 6. The number of aromatic nitrogens is 6. The van der Waals surface area contributed by atoms with E-state index in [4.69, 9.17) is 39.5 Å². The zero-order valence-corrected chi connectivity index (χ0v) is 54.5. The topological polar surface area (TPSA) is 311 Å². The van der Waals surface area contributed by atoms with Gasteiger partial charge in [-0.15, -0.1) is 0 Å². The van der Waals surface area contributed by atoms with Crippen LogP contribution in [0.3, 0.4) is 0 Å². The molecular formula is C67H87FN14O13. The van der Waals surface area contributed by atoms with E-state index in [1.807, 2.05) is 29.2 Å². The SMILES string of the molecule is COC(=O)CNC(=O)CN(C)C(=O)Cn1nc(C2CC3(C2)CN(C(=O)CCC(=O)NCCOCCOCCOCCOCCOCCC(=O)N2CCC(c4ccc(Nc5nc(N6CCCCC6)cnc5C(N)=O)cc4)CC2)C3)c2c(-c3cc4c(cnn4C)cc3F)cccc21. The van der Waals surface area contributed by atoms with E-state index in [9.17, 15) is 33.6 Å². The van der Waals surface area contributed by atoms with Crippen LogP contribution in [0.2, 0.25) is 0 Å². The average Bonchev–Trinajstić information content (AvgIpc) is 1.42. The van der Waals surface area contributed by atoms with Gasteiger partial charge in [0, 0.05) is 106 Å². The highest BCUT2D eigenvalue weighted by Gasteiger charge is 2.55. The standard InChI is InChI=1S/C67H87FN14O13/c1-77(41-57(84)71-40-61(88)90-3)60(87)42-82-53-9-7-8-50(51-35-54-47(34-52(51)68)38-73-78(54)2)62(53)63(76-82)48-36-67(37-48)43-81(44-67)58(85)15-14-56(83)70-19-25-92-27-29-94-31-33-95-32-30-93-28-26-91-24-18-59(86)80-22-16-46(17-23-80)45-10-12-49(13-11-45)74-66-64(65(69)89)72-39-55(75-66)79-20-5-4-6-21-79/h7-13,34-35,38-39,46,48H,4-6,14-33,36-37,40-44H2,1-3H3,(H2,69,89)(H,70,83)(H,71,84)(H,74,75). The summed E-state index contributed by atoms with van der Waals surface area (Å²) < 4.78 is 51.9. The van der Waals surface area contributed by atoms with Gasteiger partial charge in [-0.1, -0.05) is 24.3 Å². The molecule has 0 bridgehead atoms. The second-order valence-corrected chi connectivity index (χ2v) is 24.8. The number of likely N-dealkylation sites (tertiary alicyclic amines) is 2. The van der Waals surface area contributed by atoms with Gasteiger partial charge in [0.2, 0.25) is 29.5 Å². The van der Waals surface area contributed by atoms with Crippen molar-refractivity contribution in [3.8, 4) is 11.1 Å². The van der Waals surface area contributed by atoms with E-state index in [-0.39, 0.29) is 73.8 Å². The molecule has 0 atom stereocenters. The van der Waals surface area contributed by atoms with E-state index < -0.39 is 29.5 Å². The third kappa shape index (κ3) is 18.2. The Bertz CT molecular complexity index is 3650. The molecule has 510 valence electrons. The summed E-state index contributed by atoms with van der Waals surface area (Å²) in [6.07, 6.45) is 10.2. The maximum Gasteiger partial charge on any atom is 0.325 e. The van der Waals surface area contributed by atoms with Crippen LogP contribution in [0.25, 0.3) is 32.9 Å². The van der Waals surface area contributed by atoms with Crippen LogP contribution in [-0.4, -0.2) is 225 Å². The lowest BCUT2D eigenvalue weighted by Crippen LogP contribution is -2.63. The Morgan fingerprint density at radius 3 is 2.05 bits per heavy atom. The number of nitrogens with zero attached hydrogens (tertiary/aromatic N) is 10. The fourth-order valence-corrected chi connectivity index (χ4v) is 12.9. The number of ether oxygens (including phenoxy) is 6. The molecular weight excluding hydrogens is 1230 g/mol. The van der Waals surface area contributed by atoms with Crippen molar-refractivity contribution in [2.75, 3.05) is 149 Å². The lowest BCUT2D eigenvalue weighted by molar-refractivity contribution is -0.152. The highest BCUT2D eigenvalue weighted by molar-refractivity contribution is 6.00. The molecule has 28 heteroatoms. The Kier molecular flexibility index (Phi) is 24.1. The minimum absolute atomic E-state index is 0.0477. The fourth-order valence-electron chi connectivity index (χ4n) is 12.9. The number of carbonyl (C=O) groups is 7. The first-order valence-electron chi connectivity index (χ1n) is 32.7. The predicted molar refractivity (Wildman–Crippen MR) is 349 cm³/mol. The van der Waals surface area contributed by atoms with Gasteiger partial charge in [0.05, 0.1) is 115 Å². The molecule has 6 heterocycles. The van der Waals surface area contributed by atoms with E-state index in [0.717, 1.165) is 68.6 Å². The van der Waals surface area contributed by atoms with Crippen LogP contribution in [0, 0.1) is 11.2 Å². The molecule has 1 spiro atoms. The monoisotopic (exact) mass is 1310 g/mol. The molecule has 3 aliphatic heterocycles. The largest absolute Gasteiger partial charge is 0.468 e. The number of hydrogen-bond acceptors (Lipinski definition) is 19. The summed E-state index contributed by atoms with van der Waals surface area (Å²) >= 11 is 0. The number of anilines is 3. The molecule has 4 fully saturated rings. The number of benzene rings is 3. The van der Waals surface area contributed by atoms with Crippen LogP contribution in [0.15, 0.2) is 67.0 Å². The van der Waals surface area contributed by atoms with E-state index in [1.54, 1.807) is 45.8 Å². The number of primary amides is 1. The molecule has 3 saturated heterocycles. The van der Waals surface area contributed by atoms with E-state index >= 15 is 4.39 Å². The van der Waals surface area contributed by atoms with Gasteiger partial charge < -0.3 is 69.7 Å². The van der Waals surface area contributed by atoms with Crippen LogP contribution in [0.5, 0.6) is 0 Å². The Hall–Kier alpha value is -8.70. The summed E-state index contributed by atoms with van der Waals surface area (Å²) in [5, 5.41) is 19.2. The van der Waals surface area contributed by atoms with Crippen molar-refractivity contribution in [1.82, 2.24) is 54.9 Å².